The Bertz CT molecular complexity index is 473. The molecule has 0 aliphatic heterocycles. The van der Waals surface area contributed by atoms with Crippen molar-refractivity contribution in [3.05, 3.63) is 35.4 Å². The van der Waals surface area contributed by atoms with Gasteiger partial charge in [-0.15, -0.1) is 0 Å². The molecule has 2 N–H and O–H groups in total. The molecule has 1 aromatic carbocycles. The molecule has 1 aromatic rings. The Morgan fingerprint density at radius 2 is 1.79 bits per heavy atom. The third kappa shape index (κ3) is 3.13. The molecule has 0 radical (unpaired) electrons. The third-order valence-corrected chi connectivity index (χ3v) is 3.73. The van der Waals surface area contributed by atoms with E-state index < -0.39 is 11.5 Å². The molecule has 2 rings (SSSR count). The van der Waals surface area contributed by atoms with Crippen LogP contribution in [0.15, 0.2) is 24.3 Å². The van der Waals surface area contributed by atoms with E-state index >= 15 is 0 Å². The minimum absolute atomic E-state index is 0.215. The van der Waals surface area contributed by atoms with Crippen molar-refractivity contribution in [1.29, 1.82) is 0 Å². The van der Waals surface area contributed by atoms with Crippen molar-refractivity contribution < 1.29 is 14.7 Å². The monoisotopic (exact) mass is 261 g/mol. The van der Waals surface area contributed by atoms with Gasteiger partial charge < -0.3 is 10.4 Å². The maximum atomic E-state index is 12.0. The number of aliphatic carboxylic acids is 1. The Kier molecular flexibility index (Phi) is 3.88. The molecule has 0 spiro atoms. The number of nitrogens with one attached hydrogen (secondary N) is 1. The predicted molar refractivity (Wildman–Crippen MR) is 71.9 cm³/mol. The largest absolute Gasteiger partial charge is 0.480 e. The van der Waals surface area contributed by atoms with E-state index in [4.69, 9.17) is 0 Å². The fourth-order valence-electron chi connectivity index (χ4n) is 2.57. The van der Waals surface area contributed by atoms with E-state index in [1.54, 1.807) is 0 Å². The standard InChI is InChI=1S/C15H19NO3/c1-11-4-6-12(7-5-11)10-13(17)16-15(14(18)19)8-2-3-9-15/h4-7H,2-3,8-10H2,1H3,(H,16,17)(H,18,19). The highest BCUT2D eigenvalue weighted by molar-refractivity contribution is 5.88. The van der Waals surface area contributed by atoms with Crippen molar-refractivity contribution in [2.75, 3.05) is 0 Å². The number of amides is 1. The van der Waals surface area contributed by atoms with Gasteiger partial charge in [0.05, 0.1) is 6.42 Å². The molecule has 1 amide bonds. The zero-order chi connectivity index (χ0) is 13.9. The minimum atomic E-state index is -1.04. The van der Waals surface area contributed by atoms with Crippen LogP contribution < -0.4 is 5.32 Å². The van der Waals surface area contributed by atoms with Crippen LogP contribution in [0.1, 0.15) is 36.8 Å². The van der Waals surface area contributed by atoms with Gasteiger partial charge in [-0.2, -0.15) is 0 Å². The molecule has 0 atom stereocenters. The average molecular weight is 261 g/mol. The summed E-state index contributed by atoms with van der Waals surface area (Å²) in [5.41, 5.74) is 1.01. The van der Waals surface area contributed by atoms with Gasteiger partial charge in [0.15, 0.2) is 0 Å². The van der Waals surface area contributed by atoms with Gasteiger partial charge in [0, 0.05) is 0 Å². The van der Waals surface area contributed by atoms with E-state index in [1.165, 1.54) is 0 Å². The van der Waals surface area contributed by atoms with E-state index in [1.807, 2.05) is 31.2 Å². The number of aryl methyl sites for hydroxylation is 1. The number of carboxylic acids is 1. The van der Waals surface area contributed by atoms with Crippen LogP contribution in [-0.2, 0) is 16.0 Å². The molecule has 1 aliphatic carbocycles. The summed E-state index contributed by atoms with van der Waals surface area (Å²) in [5.74, 6) is -1.13. The van der Waals surface area contributed by atoms with E-state index in [2.05, 4.69) is 5.32 Å². The van der Waals surface area contributed by atoms with Crippen molar-refractivity contribution >= 4 is 11.9 Å². The van der Waals surface area contributed by atoms with Gasteiger partial charge in [-0.1, -0.05) is 42.7 Å². The van der Waals surface area contributed by atoms with Crippen molar-refractivity contribution in [2.45, 2.75) is 44.6 Å². The molecule has 0 heterocycles. The van der Waals surface area contributed by atoms with Crippen LogP contribution in [0.25, 0.3) is 0 Å². The van der Waals surface area contributed by atoms with E-state index in [0.29, 0.717) is 12.8 Å². The number of benzene rings is 1. The average Bonchev–Trinajstić information content (AvgIpc) is 2.82. The van der Waals surface area contributed by atoms with Crippen molar-refractivity contribution in [3.8, 4) is 0 Å². The molecular weight excluding hydrogens is 242 g/mol. The van der Waals surface area contributed by atoms with Gasteiger partial charge in [-0.25, -0.2) is 4.79 Å². The Labute approximate surface area is 112 Å². The first-order valence-corrected chi connectivity index (χ1v) is 6.62. The molecule has 0 unspecified atom stereocenters. The van der Waals surface area contributed by atoms with Crippen molar-refractivity contribution in [1.82, 2.24) is 5.32 Å². The van der Waals surface area contributed by atoms with Gasteiger partial charge in [0.2, 0.25) is 5.91 Å². The lowest BCUT2D eigenvalue weighted by atomic mass is 9.97. The predicted octanol–water partition coefficient (Wildman–Crippen LogP) is 2.05. The summed E-state index contributed by atoms with van der Waals surface area (Å²) in [6, 6.07) is 7.70. The molecule has 0 aromatic heterocycles. The maximum absolute atomic E-state index is 12.0. The Balaban J connectivity index is 2.00. The number of carboxylic acid groups (broad SMARTS) is 1. The van der Waals surface area contributed by atoms with Crippen LogP contribution in [0.3, 0.4) is 0 Å². The highest BCUT2D eigenvalue weighted by atomic mass is 16.4. The lowest BCUT2D eigenvalue weighted by Crippen LogP contribution is -2.52. The summed E-state index contributed by atoms with van der Waals surface area (Å²) in [6.45, 7) is 1.99. The number of carbonyl (C=O) groups excluding carboxylic acids is 1. The molecule has 1 fully saturated rings. The normalized spacial score (nSPS) is 17.1. The summed E-state index contributed by atoms with van der Waals surface area (Å²) in [6.07, 6.45) is 3.01. The minimum Gasteiger partial charge on any atom is -0.480 e. The number of hydrogen-bond donors (Lipinski definition) is 2. The summed E-state index contributed by atoms with van der Waals surface area (Å²) in [7, 11) is 0. The summed E-state index contributed by atoms with van der Waals surface area (Å²) < 4.78 is 0. The van der Waals surface area contributed by atoms with E-state index in [0.717, 1.165) is 24.0 Å². The molecule has 102 valence electrons. The molecular formula is C15H19NO3. The molecule has 0 bridgehead atoms. The van der Waals surface area contributed by atoms with Crippen molar-refractivity contribution in [2.24, 2.45) is 0 Å². The first kappa shape index (κ1) is 13.6. The van der Waals surface area contributed by atoms with Gasteiger partial charge in [-0.05, 0) is 25.3 Å². The highest BCUT2D eigenvalue weighted by Gasteiger charge is 2.42. The Morgan fingerprint density at radius 1 is 1.21 bits per heavy atom. The molecule has 4 nitrogen and oxygen atoms in total. The second kappa shape index (κ2) is 5.43. The van der Waals surface area contributed by atoms with Crippen LogP contribution in [0.2, 0.25) is 0 Å². The van der Waals surface area contributed by atoms with Gasteiger partial charge in [-0.3, -0.25) is 4.79 Å². The zero-order valence-corrected chi connectivity index (χ0v) is 11.1. The lowest BCUT2D eigenvalue weighted by Gasteiger charge is -2.25. The molecule has 19 heavy (non-hydrogen) atoms. The smallest absolute Gasteiger partial charge is 0.329 e. The third-order valence-electron chi connectivity index (χ3n) is 3.73. The zero-order valence-electron chi connectivity index (χ0n) is 11.1. The Hall–Kier alpha value is -1.84. The molecule has 0 saturated heterocycles. The fraction of sp³-hybridized carbons (Fsp3) is 0.467. The van der Waals surface area contributed by atoms with Crippen molar-refractivity contribution in [3.63, 3.8) is 0 Å². The molecule has 1 saturated carbocycles. The highest BCUT2D eigenvalue weighted by Crippen LogP contribution is 2.29. The molecule has 1 aliphatic rings. The van der Waals surface area contributed by atoms with E-state index in [-0.39, 0.29) is 12.3 Å². The number of rotatable bonds is 4. The number of carbonyl (C=O) groups is 2. The van der Waals surface area contributed by atoms with Crippen LogP contribution >= 0.6 is 0 Å². The van der Waals surface area contributed by atoms with Gasteiger partial charge in [0.25, 0.3) is 0 Å². The maximum Gasteiger partial charge on any atom is 0.329 e. The van der Waals surface area contributed by atoms with Gasteiger partial charge >= 0.3 is 5.97 Å². The summed E-state index contributed by atoms with van der Waals surface area (Å²) in [5, 5.41) is 12.0. The first-order valence-electron chi connectivity index (χ1n) is 6.62. The first-order chi connectivity index (χ1) is 9.02. The van der Waals surface area contributed by atoms with Crippen LogP contribution in [0.4, 0.5) is 0 Å². The van der Waals surface area contributed by atoms with Crippen LogP contribution in [0.5, 0.6) is 0 Å². The molecule has 4 heteroatoms. The number of hydrogen-bond acceptors (Lipinski definition) is 2. The SMILES string of the molecule is Cc1ccc(CC(=O)NC2(C(=O)O)CCCC2)cc1. The fourth-order valence-corrected chi connectivity index (χ4v) is 2.57. The topological polar surface area (TPSA) is 66.4 Å². The Morgan fingerprint density at radius 3 is 2.32 bits per heavy atom. The quantitative estimate of drug-likeness (QED) is 0.871. The summed E-state index contributed by atoms with van der Waals surface area (Å²) >= 11 is 0. The van der Waals surface area contributed by atoms with Crippen LogP contribution in [0, 0.1) is 6.92 Å². The van der Waals surface area contributed by atoms with Crippen LogP contribution in [-0.4, -0.2) is 22.5 Å². The van der Waals surface area contributed by atoms with E-state index in [9.17, 15) is 14.7 Å². The summed E-state index contributed by atoms with van der Waals surface area (Å²) in [4.78, 5) is 23.3. The lowest BCUT2D eigenvalue weighted by molar-refractivity contribution is -0.147. The second-order valence-corrected chi connectivity index (χ2v) is 5.30. The second-order valence-electron chi connectivity index (χ2n) is 5.30. The van der Waals surface area contributed by atoms with Gasteiger partial charge in [0.1, 0.15) is 5.54 Å².